The molecule has 0 saturated carbocycles. The van der Waals surface area contributed by atoms with Gasteiger partial charge in [0.2, 0.25) is 0 Å². The first-order valence-electron chi connectivity index (χ1n) is 2.57. The number of fused-ring (bicyclic) bond motifs is 2. The topological polar surface area (TPSA) is 0 Å². The second kappa shape index (κ2) is 1.14. The average Bonchev–Trinajstić information content (AvgIpc) is 1.92. The Kier molecular flexibility index (Phi) is 0.532. The quantitative estimate of drug-likeness (QED) is 0.474. The van der Waals surface area contributed by atoms with Gasteiger partial charge in [0.15, 0.2) is 0 Å². The predicted octanol–water partition coefficient (Wildman–Crippen LogP) is 1.88. The Bertz CT molecular complexity index is 195. The van der Waals surface area contributed by atoms with E-state index < -0.39 is 0 Å². The lowest BCUT2D eigenvalue weighted by atomic mass is 10.2. The van der Waals surface area contributed by atoms with Gasteiger partial charge in [-0.15, -0.1) is 0 Å². The van der Waals surface area contributed by atoms with E-state index in [2.05, 4.69) is 12.1 Å². The van der Waals surface area contributed by atoms with Gasteiger partial charge in [-0.1, -0.05) is 12.1 Å². The van der Waals surface area contributed by atoms with E-state index >= 15 is 0 Å². The molecule has 0 aliphatic heterocycles. The van der Waals surface area contributed by atoms with E-state index in [4.69, 9.17) is 0 Å². The van der Waals surface area contributed by atoms with E-state index in [-0.39, 0.29) is 0 Å². The summed E-state index contributed by atoms with van der Waals surface area (Å²) in [4.78, 5) is 0. The van der Waals surface area contributed by atoms with Crippen LogP contribution < -0.4 is 0 Å². The van der Waals surface area contributed by atoms with Crippen LogP contribution in [-0.2, 0) is 0 Å². The van der Waals surface area contributed by atoms with Crippen LogP contribution in [0.3, 0.4) is 0 Å². The summed E-state index contributed by atoms with van der Waals surface area (Å²) in [5.74, 6) is 0. The van der Waals surface area contributed by atoms with E-state index in [9.17, 15) is 0 Å². The first kappa shape index (κ1) is 3.74. The first-order valence-corrected chi connectivity index (χ1v) is 2.57. The maximum atomic E-state index is 2.97. The first-order chi connectivity index (χ1) is 3.95. The van der Waals surface area contributed by atoms with Gasteiger partial charge in [0.05, 0.1) is 0 Å². The van der Waals surface area contributed by atoms with Crippen molar-refractivity contribution in [3.05, 3.63) is 36.4 Å². The summed E-state index contributed by atoms with van der Waals surface area (Å²) >= 11 is 0. The monoisotopic (exact) mass is 100 g/mol. The predicted molar refractivity (Wildman–Crippen MR) is 32.8 cm³/mol. The minimum absolute atomic E-state index is 1.12. The second-order valence-electron chi connectivity index (χ2n) is 1.83. The van der Waals surface area contributed by atoms with Crippen LogP contribution in [0.5, 0.6) is 0 Å². The summed E-state index contributed by atoms with van der Waals surface area (Å²) in [6.45, 7) is 0. The van der Waals surface area contributed by atoms with Crippen molar-refractivity contribution in [3.63, 3.8) is 0 Å². The van der Waals surface area contributed by atoms with Gasteiger partial charge in [-0.3, -0.25) is 0 Å². The summed E-state index contributed by atoms with van der Waals surface area (Å²) in [6, 6.07) is 14.1. The van der Waals surface area contributed by atoms with Crippen LogP contribution in [0.2, 0.25) is 0 Å². The molecule has 0 aliphatic rings. The maximum absolute atomic E-state index is 2.97. The summed E-state index contributed by atoms with van der Waals surface area (Å²) in [5.41, 5.74) is 0. The molecule has 36 valence electrons. The van der Waals surface area contributed by atoms with Crippen molar-refractivity contribution in [2.24, 2.45) is 0 Å². The zero-order valence-corrected chi connectivity index (χ0v) is 4.31. The minimum Gasteiger partial charge on any atom is -0.0617 e. The summed E-state index contributed by atoms with van der Waals surface area (Å²) in [5, 5.41) is 2.25. The fraction of sp³-hybridized carbons (Fsp3) is 0. The number of hydrogen-bond acceptors (Lipinski definition) is 0. The molecule has 0 aliphatic carbocycles. The van der Waals surface area contributed by atoms with E-state index in [1.54, 1.807) is 0 Å². The van der Waals surface area contributed by atoms with Crippen LogP contribution >= 0.6 is 0 Å². The molecule has 2 bridgehead atoms. The van der Waals surface area contributed by atoms with Gasteiger partial charge in [-0.2, -0.15) is 0 Å². The van der Waals surface area contributed by atoms with Gasteiger partial charge in [0.1, 0.15) is 0 Å². The van der Waals surface area contributed by atoms with Crippen molar-refractivity contribution in [3.8, 4) is 0 Å². The molecule has 0 N–H and O–H groups in total. The Morgan fingerprint density at radius 2 is 1.12 bits per heavy atom. The lowest BCUT2D eigenvalue weighted by Gasteiger charge is -1.86. The molecule has 3 aromatic rings. The Morgan fingerprint density at radius 3 is 1.25 bits per heavy atom. The lowest BCUT2D eigenvalue weighted by molar-refractivity contribution is 1.79. The molecule has 0 fully saturated rings. The molecule has 0 heteroatoms. The van der Waals surface area contributed by atoms with Gasteiger partial charge < -0.3 is 0 Å². The maximum Gasteiger partial charge on any atom is 0.0249 e. The average molecular weight is 100 g/mol. The van der Waals surface area contributed by atoms with Crippen molar-refractivity contribution in [2.45, 2.75) is 0 Å². The molecule has 8 heavy (non-hydrogen) atoms. The SMILES string of the molecule is c1c2ccc(c#1)cc2. The molecule has 0 nitrogen and oxygen atoms in total. The van der Waals surface area contributed by atoms with Crippen LogP contribution in [0.1, 0.15) is 0 Å². The fourth-order valence-electron chi connectivity index (χ4n) is 0.781. The van der Waals surface area contributed by atoms with E-state index in [1.807, 2.05) is 24.3 Å². The molecule has 0 spiro atoms. The van der Waals surface area contributed by atoms with Crippen LogP contribution in [0.4, 0.5) is 0 Å². The van der Waals surface area contributed by atoms with Crippen molar-refractivity contribution >= 4 is 10.8 Å². The standard InChI is InChI=1S/C8H4/c1-2-8-5-3-7(1)4-6-8/h1-3,5H. The molecule has 0 amide bonds. The number of rotatable bonds is 0. The van der Waals surface area contributed by atoms with Crippen LogP contribution in [0.25, 0.3) is 10.8 Å². The highest BCUT2D eigenvalue weighted by atomic mass is 13.9. The molecule has 3 rings (SSSR count). The van der Waals surface area contributed by atoms with Crippen molar-refractivity contribution < 1.29 is 0 Å². The number of hydrogen-bond donors (Lipinski definition) is 0. The molecule has 0 radical (unpaired) electrons. The van der Waals surface area contributed by atoms with Gasteiger partial charge in [-0.25, -0.2) is 0 Å². The zero-order valence-electron chi connectivity index (χ0n) is 4.31. The smallest absolute Gasteiger partial charge is 0.0249 e. The van der Waals surface area contributed by atoms with E-state index in [0.717, 1.165) is 10.8 Å². The van der Waals surface area contributed by atoms with Crippen molar-refractivity contribution in [1.82, 2.24) is 0 Å². The number of benzene rings is 1. The highest BCUT2D eigenvalue weighted by Crippen LogP contribution is 2.04. The molecular formula is C8H4. The molecule has 0 heterocycles. The largest absolute Gasteiger partial charge is 0.0617 e. The molecule has 0 aromatic heterocycles. The Balaban J connectivity index is 3.05. The zero-order chi connectivity index (χ0) is 5.40. The second-order valence-corrected chi connectivity index (χ2v) is 1.83. The Labute approximate surface area is 48.1 Å². The highest BCUT2D eigenvalue weighted by molar-refractivity contribution is 5.63. The van der Waals surface area contributed by atoms with Crippen LogP contribution in [0, 0.1) is 12.1 Å². The Hall–Kier alpha value is -1.22. The third kappa shape index (κ3) is 0.360. The van der Waals surface area contributed by atoms with Crippen molar-refractivity contribution in [1.29, 1.82) is 0 Å². The summed E-state index contributed by atoms with van der Waals surface area (Å²) < 4.78 is 0. The summed E-state index contributed by atoms with van der Waals surface area (Å²) in [6.07, 6.45) is 0. The van der Waals surface area contributed by atoms with Gasteiger partial charge in [-0.05, 0) is 24.3 Å². The molecule has 0 unspecified atom stereocenters. The highest BCUT2D eigenvalue weighted by Gasteiger charge is 1.82. The van der Waals surface area contributed by atoms with Crippen molar-refractivity contribution in [2.75, 3.05) is 0 Å². The van der Waals surface area contributed by atoms with Gasteiger partial charge >= 0.3 is 0 Å². The molecule has 3 aromatic carbocycles. The minimum atomic E-state index is 1.12. The molecule has 0 atom stereocenters. The third-order valence-corrected chi connectivity index (χ3v) is 1.24. The normalized spacial score (nSPS) is 9.50. The Morgan fingerprint density at radius 1 is 0.750 bits per heavy atom. The summed E-state index contributed by atoms with van der Waals surface area (Å²) in [7, 11) is 0. The van der Waals surface area contributed by atoms with E-state index in [1.165, 1.54) is 0 Å². The van der Waals surface area contributed by atoms with Gasteiger partial charge in [0, 0.05) is 10.8 Å². The van der Waals surface area contributed by atoms with Gasteiger partial charge in [0.25, 0.3) is 0 Å². The van der Waals surface area contributed by atoms with E-state index in [0.29, 0.717) is 0 Å². The van der Waals surface area contributed by atoms with Crippen LogP contribution in [-0.4, -0.2) is 0 Å². The van der Waals surface area contributed by atoms with Crippen LogP contribution in [0.15, 0.2) is 24.3 Å². The molecular weight excluding hydrogens is 96.1 g/mol. The third-order valence-electron chi connectivity index (χ3n) is 1.24. The molecule has 0 saturated heterocycles. The lowest BCUT2D eigenvalue weighted by Crippen LogP contribution is -1.64. The fourth-order valence-corrected chi connectivity index (χ4v) is 0.781.